The molecular formula is C31H43NO4. The van der Waals surface area contributed by atoms with Crippen LogP contribution in [0.5, 0.6) is 11.5 Å². The fourth-order valence-corrected chi connectivity index (χ4v) is 4.42. The van der Waals surface area contributed by atoms with E-state index in [9.17, 15) is 4.79 Å². The number of nitrogens with zero attached hydrogens (tertiary/aromatic N) is 1. The summed E-state index contributed by atoms with van der Waals surface area (Å²) in [5, 5.41) is 0. The Morgan fingerprint density at radius 2 is 1.83 bits per heavy atom. The van der Waals surface area contributed by atoms with E-state index >= 15 is 0 Å². The molecule has 2 aromatic rings. The molecule has 5 nitrogen and oxygen atoms in total. The minimum absolute atomic E-state index is 0.130. The van der Waals surface area contributed by atoms with E-state index in [4.69, 9.17) is 14.2 Å². The highest BCUT2D eigenvalue weighted by molar-refractivity contribution is 5.74. The second-order valence-corrected chi connectivity index (χ2v) is 10.6. The van der Waals surface area contributed by atoms with E-state index in [1.165, 1.54) is 16.7 Å². The van der Waals surface area contributed by atoms with Gasteiger partial charge in [0.1, 0.15) is 17.1 Å². The van der Waals surface area contributed by atoms with Gasteiger partial charge in [-0.15, -0.1) is 0 Å². The van der Waals surface area contributed by atoms with E-state index in [0.717, 1.165) is 62.6 Å². The van der Waals surface area contributed by atoms with Crippen LogP contribution in [0.25, 0.3) is 12.2 Å². The number of methoxy groups -OCH3 is 1. The number of benzene rings is 2. The van der Waals surface area contributed by atoms with Gasteiger partial charge in [0.15, 0.2) is 0 Å². The van der Waals surface area contributed by atoms with Crippen molar-refractivity contribution >= 4 is 18.1 Å². The Labute approximate surface area is 217 Å². The van der Waals surface area contributed by atoms with Crippen LogP contribution >= 0.6 is 0 Å². The number of fused-ring (bicyclic) bond motifs is 1. The van der Waals surface area contributed by atoms with Crippen LogP contribution in [0.15, 0.2) is 36.4 Å². The minimum Gasteiger partial charge on any atom is -0.496 e. The number of carbonyl (C=O) groups is 1. The van der Waals surface area contributed by atoms with Gasteiger partial charge in [-0.05, 0) is 68.0 Å². The molecule has 0 aliphatic carbocycles. The Balaban J connectivity index is 1.62. The fourth-order valence-electron chi connectivity index (χ4n) is 4.42. The summed E-state index contributed by atoms with van der Waals surface area (Å²) in [6.07, 6.45) is 7.89. The summed E-state index contributed by atoms with van der Waals surface area (Å²) >= 11 is 0. The average molecular weight is 494 g/mol. The maximum atomic E-state index is 12.1. The fraction of sp³-hybridized carbons (Fsp3) is 0.516. The van der Waals surface area contributed by atoms with Gasteiger partial charge in [-0.3, -0.25) is 9.69 Å². The molecule has 0 fully saturated rings. The molecule has 3 rings (SSSR count). The summed E-state index contributed by atoms with van der Waals surface area (Å²) in [5.41, 5.74) is 4.45. The van der Waals surface area contributed by atoms with E-state index in [-0.39, 0.29) is 5.97 Å². The first-order chi connectivity index (χ1) is 17.2. The molecule has 0 bridgehead atoms. The lowest BCUT2D eigenvalue weighted by Gasteiger charge is -2.29. The van der Waals surface area contributed by atoms with Gasteiger partial charge in [0.05, 0.1) is 20.1 Å². The van der Waals surface area contributed by atoms with Gasteiger partial charge >= 0.3 is 5.97 Å². The summed E-state index contributed by atoms with van der Waals surface area (Å²) in [4.78, 5) is 14.4. The molecule has 0 spiro atoms. The molecule has 0 N–H and O–H groups in total. The number of esters is 1. The number of hydrogen-bond acceptors (Lipinski definition) is 5. The first-order valence-electron chi connectivity index (χ1n) is 13.3. The van der Waals surface area contributed by atoms with Crippen molar-refractivity contribution in [2.24, 2.45) is 5.92 Å². The number of hydrogen-bond donors (Lipinski definition) is 0. The zero-order chi connectivity index (χ0) is 26.1. The third kappa shape index (κ3) is 8.41. The van der Waals surface area contributed by atoms with Crippen LogP contribution in [0.4, 0.5) is 0 Å². The molecule has 0 unspecified atom stereocenters. The van der Waals surface area contributed by atoms with Gasteiger partial charge in [0, 0.05) is 25.2 Å². The highest BCUT2D eigenvalue weighted by atomic mass is 16.6. The molecule has 0 saturated heterocycles. The molecular weight excluding hydrogens is 450 g/mol. The third-order valence-corrected chi connectivity index (χ3v) is 6.67. The molecule has 5 heteroatoms. The van der Waals surface area contributed by atoms with E-state index in [1.54, 1.807) is 7.11 Å². The summed E-state index contributed by atoms with van der Waals surface area (Å²) in [6, 6.07) is 12.6. The number of ether oxygens (including phenoxy) is 3. The van der Waals surface area contributed by atoms with Gasteiger partial charge in [-0.25, -0.2) is 0 Å². The SMILES string of the molecule is CCC(CC)COc1ccc(OC)c(/C=C/c2ccc3c(c2)CCN(CCC(=O)OC(C)(C)C)C3)c1. The summed E-state index contributed by atoms with van der Waals surface area (Å²) in [6.45, 7) is 13.4. The van der Waals surface area contributed by atoms with Crippen molar-refractivity contribution in [2.45, 2.75) is 72.4 Å². The van der Waals surface area contributed by atoms with Crippen LogP contribution in [0.1, 0.15) is 76.1 Å². The van der Waals surface area contributed by atoms with Gasteiger partial charge in [0.25, 0.3) is 0 Å². The lowest BCUT2D eigenvalue weighted by Crippen LogP contribution is -2.33. The predicted molar refractivity (Wildman–Crippen MR) is 147 cm³/mol. The summed E-state index contributed by atoms with van der Waals surface area (Å²) in [5.74, 6) is 2.16. The Bertz CT molecular complexity index is 1030. The van der Waals surface area contributed by atoms with Crippen molar-refractivity contribution in [1.29, 1.82) is 0 Å². The Morgan fingerprint density at radius 1 is 1.06 bits per heavy atom. The standard InChI is InChI=1S/C31H43NO4/c1-7-23(8-2)22-35-28-13-14-29(34-6)26(20-28)11-9-24-10-12-27-21-32(17-15-25(27)19-24)18-16-30(33)36-31(3,4)5/h9-14,19-20,23H,7-8,15-18,21-22H2,1-6H3/b11-9+. The van der Waals surface area contributed by atoms with Crippen molar-refractivity contribution in [2.75, 3.05) is 26.8 Å². The first-order valence-corrected chi connectivity index (χ1v) is 13.3. The largest absolute Gasteiger partial charge is 0.496 e. The molecule has 1 aliphatic rings. The molecule has 1 aliphatic heterocycles. The Morgan fingerprint density at radius 3 is 2.53 bits per heavy atom. The Hall–Kier alpha value is -2.79. The third-order valence-electron chi connectivity index (χ3n) is 6.67. The monoisotopic (exact) mass is 493 g/mol. The van der Waals surface area contributed by atoms with Crippen molar-refractivity contribution in [3.05, 3.63) is 58.7 Å². The zero-order valence-electron chi connectivity index (χ0n) is 22.9. The van der Waals surface area contributed by atoms with Crippen LogP contribution in [0.3, 0.4) is 0 Å². The smallest absolute Gasteiger partial charge is 0.307 e. The van der Waals surface area contributed by atoms with Gasteiger partial charge in [0.2, 0.25) is 0 Å². The molecule has 0 amide bonds. The number of rotatable bonds is 11. The van der Waals surface area contributed by atoms with Gasteiger partial charge < -0.3 is 14.2 Å². The van der Waals surface area contributed by atoms with Crippen molar-refractivity contribution in [3.63, 3.8) is 0 Å². The maximum absolute atomic E-state index is 12.1. The van der Waals surface area contributed by atoms with Crippen LogP contribution < -0.4 is 9.47 Å². The molecule has 196 valence electrons. The quantitative estimate of drug-likeness (QED) is 0.255. The minimum atomic E-state index is -0.430. The van der Waals surface area contributed by atoms with Gasteiger partial charge in [-0.2, -0.15) is 0 Å². The average Bonchev–Trinajstić information content (AvgIpc) is 2.85. The molecule has 0 atom stereocenters. The topological polar surface area (TPSA) is 48.0 Å². The normalized spacial score (nSPS) is 14.2. The molecule has 0 radical (unpaired) electrons. The van der Waals surface area contributed by atoms with E-state index in [2.05, 4.69) is 55.2 Å². The lowest BCUT2D eigenvalue weighted by molar-refractivity contribution is -0.155. The van der Waals surface area contributed by atoms with Crippen LogP contribution in [-0.2, 0) is 22.5 Å². The highest BCUT2D eigenvalue weighted by Crippen LogP contribution is 2.28. The van der Waals surface area contributed by atoms with Crippen LogP contribution in [0, 0.1) is 5.92 Å². The summed E-state index contributed by atoms with van der Waals surface area (Å²) in [7, 11) is 1.70. The van der Waals surface area contributed by atoms with E-state index < -0.39 is 5.60 Å². The molecule has 0 saturated carbocycles. The molecule has 36 heavy (non-hydrogen) atoms. The Kier molecular flexibility index (Phi) is 10.0. The second-order valence-electron chi connectivity index (χ2n) is 10.6. The predicted octanol–water partition coefficient (Wildman–Crippen LogP) is 6.77. The van der Waals surface area contributed by atoms with Crippen molar-refractivity contribution in [1.82, 2.24) is 4.90 Å². The highest BCUT2D eigenvalue weighted by Gasteiger charge is 2.20. The molecule has 0 aromatic heterocycles. The second kappa shape index (κ2) is 13.0. The maximum Gasteiger partial charge on any atom is 0.307 e. The van der Waals surface area contributed by atoms with Gasteiger partial charge in [-0.1, -0.05) is 57.0 Å². The zero-order valence-corrected chi connectivity index (χ0v) is 22.9. The van der Waals surface area contributed by atoms with E-state index in [0.29, 0.717) is 12.3 Å². The summed E-state index contributed by atoms with van der Waals surface area (Å²) < 4.78 is 17.1. The van der Waals surface area contributed by atoms with Crippen LogP contribution in [0.2, 0.25) is 0 Å². The van der Waals surface area contributed by atoms with Crippen LogP contribution in [-0.4, -0.2) is 43.3 Å². The van der Waals surface area contributed by atoms with Crippen molar-refractivity contribution in [3.8, 4) is 11.5 Å². The molecule has 2 aromatic carbocycles. The van der Waals surface area contributed by atoms with Crippen molar-refractivity contribution < 1.29 is 19.0 Å². The number of carbonyl (C=O) groups excluding carboxylic acids is 1. The molecule has 1 heterocycles. The van der Waals surface area contributed by atoms with E-state index in [1.807, 2.05) is 32.9 Å². The first kappa shape index (κ1) is 27.8. The lowest BCUT2D eigenvalue weighted by atomic mass is 9.96.